The molecule has 0 radical (unpaired) electrons. The lowest BCUT2D eigenvalue weighted by molar-refractivity contribution is -0.140. The average molecular weight is 420 g/mol. The van der Waals surface area contributed by atoms with E-state index in [1.807, 2.05) is 18.2 Å². The van der Waals surface area contributed by atoms with Gasteiger partial charge in [-0.2, -0.15) is 5.10 Å². The van der Waals surface area contributed by atoms with Crippen molar-refractivity contribution in [3.63, 3.8) is 0 Å². The van der Waals surface area contributed by atoms with Crippen LogP contribution in [-0.2, 0) is 16.1 Å². The minimum atomic E-state index is -0.219. The Kier molecular flexibility index (Phi) is 5.84. The average Bonchev–Trinajstić information content (AvgIpc) is 3.36. The maximum atomic E-state index is 12.7. The number of aromatic nitrogens is 4. The smallest absolute Gasteiger partial charge is 0.316 e. The Balaban J connectivity index is 1.31. The zero-order valence-corrected chi connectivity index (χ0v) is 16.5. The van der Waals surface area contributed by atoms with Crippen LogP contribution >= 0.6 is 22.9 Å². The fourth-order valence-corrected chi connectivity index (χ4v) is 3.85. The van der Waals surface area contributed by atoms with E-state index in [0.717, 1.165) is 10.6 Å². The third kappa shape index (κ3) is 4.67. The van der Waals surface area contributed by atoms with Gasteiger partial charge in [0.15, 0.2) is 0 Å². The monoisotopic (exact) mass is 419 g/mol. The number of nitrogens with zero attached hydrogens (tertiary/aromatic N) is 5. The predicted octanol–water partition coefficient (Wildman–Crippen LogP) is 2.36. The van der Waals surface area contributed by atoms with Crippen molar-refractivity contribution in [1.82, 2.24) is 24.6 Å². The first-order chi connectivity index (χ1) is 13.7. The summed E-state index contributed by atoms with van der Waals surface area (Å²) in [7, 11) is 0. The van der Waals surface area contributed by atoms with Crippen molar-refractivity contribution < 1.29 is 14.3 Å². The minimum Gasteiger partial charge on any atom is -0.461 e. The lowest BCUT2D eigenvalue weighted by atomic mass is 10.3. The molecule has 4 heterocycles. The second-order valence-corrected chi connectivity index (χ2v) is 7.89. The Bertz CT molecular complexity index is 932. The first kappa shape index (κ1) is 18.9. The second kappa shape index (κ2) is 8.68. The lowest BCUT2D eigenvalue weighted by Gasteiger charge is -2.32. The summed E-state index contributed by atoms with van der Waals surface area (Å²) < 4.78 is 13.6. The molecule has 0 saturated carbocycles. The van der Waals surface area contributed by atoms with E-state index in [-0.39, 0.29) is 18.6 Å². The number of thiophene rings is 1. The summed E-state index contributed by atoms with van der Waals surface area (Å²) in [5.41, 5.74) is 0.806. The number of hydrogen-bond acceptors (Lipinski definition) is 7. The van der Waals surface area contributed by atoms with Gasteiger partial charge in [0.2, 0.25) is 5.91 Å². The second-order valence-electron chi connectivity index (χ2n) is 6.18. The van der Waals surface area contributed by atoms with E-state index < -0.39 is 0 Å². The minimum absolute atomic E-state index is 0.0110. The van der Waals surface area contributed by atoms with Crippen LogP contribution in [0.2, 0.25) is 4.34 Å². The SMILES string of the molecule is O=C(Cn1ccc(-c2ccc(Cl)s2)n1)N1CCOC(COc2ncccn2)C1. The first-order valence-corrected chi connectivity index (χ1v) is 9.95. The number of amides is 1. The topological polar surface area (TPSA) is 82.4 Å². The van der Waals surface area contributed by atoms with Gasteiger partial charge in [0.05, 0.1) is 22.4 Å². The van der Waals surface area contributed by atoms with E-state index in [1.165, 1.54) is 11.3 Å². The van der Waals surface area contributed by atoms with Crippen molar-refractivity contribution in [3.05, 3.63) is 47.2 Å². The van der Waals surface area contributed by atoms with Crippen LogP contribution in [0.4, 0.5) is 0 Å². The molecule has 1 fully saturated rings. The number of rotatable bonds is 6. The highest BCUT2D eigenvalue weighted by molar-refractivity contribution is 7.19. The normalized spacial score (nSPS) is 16.9. The molecule has 3 aromatic heterocycles. The molecule has 1 aliphatic heterocycles. The molecule has 1 atom stereocenters. The molecule has 0 N–H and O–H groups in total. The van der Waals surface area contributed by atoms with Crippen LogP contribution in [0.15, 0.2) is 42.9 Å². The molecule has 4 rings (SSSR count). The molecule has 28 heavy (non-hydrogen) atoms. The number of carbonyl (C=O) groups excluding carboxylic acids is 1. The number of halogens is 1. The highest BCUT2D eigenvalue weighted by atomic mass is 35.5. The van der Waals surface area contributed by atoms with Crippen molar-refractivity contribution in [3.8, 4) is 16.6 Å². The Labute approximate surface area is 170 Å². The summed E-state index contributed by atoms with van der Waals surface area (Å²) in [6.45, 7) is 1.94. The summed E-state index contributed by atoms with van der Waals surface area (Å²) in [6, 6.07) is 7.66. The van der Waals surface area contributed by atoms with E-state index in [4.69, 9.17) is 21.1 Å². The summed E-state index contributed by atoms with van der Waals surface area (Å²) in [5, 5.41) is 4.47. The van der Waals surface area contributed by atoms with Crippen molar-refractivity contribution in [2.45, 2.75) is 12.6 Å². The Morgan fingerprint density at radius 3 is 2.96 bits per heavy atom. The third-order valence-electron chi connectivity index (χ3n) is 4.20. The van der Waals surface area contributed by atoms with Gasteiger partial charge in [0.1, 0.15) is 24.9 Å². The van der Waals surface area contributed by atoms with Crippen LogP contribution in [0.3, 0.4) is 0 Å². The third-order valence-corrected chi connectivity index (χ3v) is 5.45. The van der Waals surface area contributed by atoms with Gasteiger partial charge in [0.25, 0.3) is 0 Å². The number of carbonyl (C=O) groups is 1. The van der Waals surface area contributed by atoms with Crippen LogP contribution in [-0.4, -0.2) is 63.0 Å². The van der Waals surface area contributed by atoms with Gasteiger partial charge in [-0.05, 0) is 24.3 Å². The highest BCUT2D eigenvalue weighted by Gasteiger charge is 2.25. The van der Waals surface area contributed by atoms with Crippen LogP contribution < -0.4 is 4.74 Å². The molecule has 1 saturated heterocycles. The summed E-state index contributed by atoms with van der Waals surface area (Å²) in [4.78, 5) is 23.4. The van der Waals surface area contributed by atoms with Gasteiger partial charge in [0, 0.05) is 25.1 Å². The molecule has 1 amide bonds. The molecule has 0 aliphatic carbocycles. The maximum absolute atomic E-state index is 12.7. The van der Waals surface area contributed by atoms with E-state index in [1.54, 1.807) is 34.2 Å². The molecule has 10 heteroatoms. The summed E-state index contributed by atoms with van der Waals surface area (Å²) in [5.74, 6) is -0.0110. The van der Waals surface area contributed by atoms with Gasteiger partial charge in [-0.15, -0.1) is 11.3 Å². The molecule has 1 unspecified atom stereocenters. The van der Waals surface area contributed by atoms with Crippen LogP contribution in [0.1, 0.15) is 0 Å². The summed E-state index contributed by atoms with van der Waals surface area (Å²) >= 11 is 7.43. The highest BCUT2D eigenvalue weighted by Crippen LogP contribution is 2.29. The van der Waals surface area contributed by atoms with Gasteiger partial charge < -0.3 is 14.4 Å². The quantitative estimate of drug-likeness (QED) is 0.610. The Morgan fingerprint density at radius 2 is 2.18 bits per heavy atom. The largest absolute Gasteiger partial charge is 0.461 e. The van der Waals surface area contributed by atoms with E-state index in [9.17, 15) is 4.79 Å². The number of ether oxygens (including phenoxy) is 2. The van der Waals surface area contributed by atoms with Crippen molar-refractivity contribution in [1.29, 1.82) is 0 Å². The first-order valence-electron chi connectivity index (χ1n) is 8.76. The van der Waals surface area contributed by atoms with Gasteiger partial charge in [-0.25, -0.2) is 9.97 Å². The molecule has 8 nitrogen and oxygen atoms in total. The van der Waals surface area contributed by atoms with Crippen LogP contribution in [0, 0.1) is 0 Å². The van der Waals surface area contributed by atoms with Gasteiger partial charge >= 0.3 is 6.01 Å². The van der Waals surface area contributed by atoms with E-state index in [0.29, 0.717) is 36.7 Å². The van der Waals surface area contributed by atoms with Gasteiger partial charge in [-0.1, -0.05) is 11.6 Å². The fourth-order valence-electron chi connectivity index (χ4n) is 2.85. The van der Waals surface area contributed by atoms with E-state index in [2.05, 4.69) is 15.1 Å². The number of hydrogen-bond donors (Lipinski definition) is 0. The zero-order chi connectivity index (χ0) is 19.3. The number of morpholine rings is 1. The molecule has 0 bridgehead atoms. The van der Waals surface area contributed by atoms with Crippen molar-refractivity contribution >= 4 is 28.8 Å². The Morgan fingerprint density at radius 1 is 1.32 bits per heavy atom. The van der Waals surface area contributed by atoms with E-state index >= 15 is 0 Å². The van der Waals surface area contributed by atoms with Crippen LogP contribution in [0.5, 0.6) is 6.01 Å². The molecule has 3 aromatic rings. The molecule has 146 valence electrons. The lowest BCUT2D eigenvalue weighted by Crippen LogP contribution is -2.48. The van der Waals surface area contributed by atoms with Crippen LogP contribution in [0.25, 0.3) is 10.6 Å². The fraction of sp³-hybridized carbons (Fsp3) is 0.333. The van der Waals surface area contributed by atoms with Crippen molar-refractivity contribution in [2.24, 2.45) is 0 Å². The molecule has 1 aliphatic rings. The Hall–Kier alpha value is -2.49. The molecular weight excluding hydrogens is 402 g/mol. The molecular formula is C18H18ClN5O3S. The predicted molar refractivity (Wildman–Crippen MR) is 104 cm³/mol. The molecule has 0 aromatic carbocycles. The summed E-state index contributed by atoms with van der Waals surface area (Å²) in [6.07, 6.45) is 4.81. The zero-order valence-electron chi connectivity index (χ0n) is 14.9. The molecule has 0 spiro atoms. The maximum Gasteiger partial charge on any atom is 0.316 e. The standard InChI is InChI=1S/C18H18ClN5O3S/c19-16-3-2-15(28-16)14-4-7-24(22-14)11-17(25)23-8-9-26-13(10-23)12-27-18-20-5-1-6-21-18/h1-7,13H,8-12H2. The van der Waals surface area contributed by atoms with Gasteiger partial charge in [-0.3, -0.25) is 9.48 Å². The van der Waals surface area contributed by atoms with Crippen molar-refractivity contribution in [2.75, 3.05) is 26.3 Å².